The molecule has 1 N–H and O–H groups in total. The fourth-order valence-corrected chi connectivity index (χ4v) is 0.660. The van der Waals surface area contributed by atoms with Crippen LogP contribution in [0.25, 0.3) is 0 Å². The van der Waals surface area contributed by atoms with E-state index in [2.05, 4.69) is 10.3 Å². The van der Waals surface area contributed by atoms with Gasteiger partial charge in [0, 0.05) is 6.04 Å². The van der Waals surface area contributed by atoms with E-state index in [9.17, 15) is 4.79 Å². The summed E-state index contributed by atoms with van der Waals surface area (Å²) in [5.41, 5.74) is 0. The van der Waals surface area contributed by atoms with Crippen molar-refractivity contribution in [3.05, 3.63) is 18.4 Å². The normalized spacial score (nSPS) is 10.1. The molecule has 0 aliphatic rings. The molecule has 0 bridgehead atoms. The Morgan fingerprint density at radius 2 is 2.45 bits per heavy atom. The summed E-state index contributed by atoms with van der Waals surface area (Å²) < 4.78 is 4.77. The quantitative estimate of drug-likeness (QED) is 0.685. The van der Waals surface area contributed by atoms with Crippen molar-refractivity contribution >= 4 is 5.91 Å². The molecule has 1 aromatic heterocycles. The summed E-state index contributed by atoms with van der Waals surface area (Å²) in [5.74, 6) is -0.163. The molecule has 1 aromatic rings. The first-order chi connectivity index (χ1) is 5.20. The second-order valence-corrected chi connectivity index (χ2v) is 2.47. The molecule has 0 saturated carbocycles. The average Bonchev–Trinajstić information content (AvgIpc) is 2.35. The highest BCUT2D eigenvalue weighted by atomic mass is 16.3. The highest BCUT2D eigenvalue weighted by Gasteiger charge is 2.09. The Bertz CT molecular complexity index is 229. The van der Waals surface area contributed by atoms with Crippen LogP contribution in [0.5, 0.6) is 0 Å². The van der Waals surface area contributed by atoms with Gasteiger partial charge in [-0.1, -0.05) is 0 Å². The van der Waals surface area contributed by atoms with Gasteiger partial charge in [0.2, 0.25) is 0 Å². The number of carbonyl (C=O) groups excluding carboxylic acids is 1. The van der Waals surface area contributed by atoms with Gasteiger partial charge in [0.05, 0.1) is 6.20 Å². The fraction of sp³-hybridized carbons (Fsp3) is 0.429. The van der Waals surface area contributed by atoms with Crippen LogP contribution in [-0.4, -0.2) is 16.9 Å². The molecule has 0 unspecified atom stereocenters. The largest absolute Gasteiger partial charge is 0.441 e. The average molecular weight is 154 g/mol. The van der Waals surface area contributed by atoms with Gasteiger partial charge in [0.1, 0.15) is 6.26 Å². The van der Waals surface area contributed by atoms with E-state index in [0.29, 0.717) is 0 Å². The van der Waals surface area contributed by atoms with Gasteiger partial charge in [-0.2, -0.15) is 0 Å². The van der Waals surface area contributed by atoms with Gasteiger partial charge < -0.3 is 9.73 Å². The Morgan fingerprint density at radius 3 is 2.91 bits per heavy atom. The highest BCUT2D eigenvalue weighted by Crippen LogP contribution is 1.94. The summed E-state index contributed by atoms with van der Waals surface area (Å²) in [6.45, 7) is 3.75. The third-order valence-electron chi connectivity index (χ3n) is 1.05. The van der Waals surface area contributed by atoms with Gasteiger partial charge >= 0.3 is 5.91 Å². The second kappa shape index (κ2) is 3.18. The summed E-state index contributed by atoms with van der Waals surface area (Å²) in [7, 11) is 0. The van der Waals surface area contributed by atoms with Crippen LogP contribution in [0.15, 0.2) is 16.9 Å². The molecule has 0 aliphatic carbocycles. The molecule has 4 nitrogen and oxygen atoms in total. The first-order valence-electron chi connectivity index (χ1n) is 3.40. The van der Waals surface area contributed by atoms with Crippen LogP contribution in [0.2, 0.25) is 0 Å². The molecule has 0 radical (unpaired) electrons. The summed E-state index contributed by atoms with van der Waals surface area (Å²) in [4.78, 5) is 14.7. The standard InChI is InChI=1S/C7H10N2O2/c1-5(2)9-6(10)7-8-3-4-11-7/h3-5H,1-2H3,(H,9,10). The van der Waals surface area contributed by atoms with Crippen LogP contribution in [-0.2, 0) is 0 Å². The Balaban J connectivity index is 2.57. The van der Waals surface area contributed by atoms with Crippen LogP contribution in [0.4, 0.5) is 0 Å². The van der Waals surface area contributed by atoms with Crippen LogP contribution in [0, 0.1) is 0 Å². The maximum absolute atomic E-state index is 11.0. The van der Waals surface area contributed by atoms with E-state index in [1.54, 1.807) is 0 Å². The first-order valence-corrected chi connectivity index (χ1v) is 3.40. The minimum Gasteiger partial charge on any atom is -0.441 e. The maximum atomic E-state index is 11.0. The number of nitrogens with one attached hydrogen (secondary N) is 1. The lowest BCUT2D eigenvalue weighted by molar-refractivity contribution is 0.0908. The molecule has 60 valence electrons. The van der Waals surface area contributed by atoms with E-state index in [1.165, 1.54) is 12.5 Å². The van der Waals surface area contributed by atoms with Crippen molar-refractivity contribution in [2.75, 3.05) is 0 Å². The minimum atomic E-state index is -0.273. The van der Waals surface area contributed by atoms with Gasteiger partial charge in [-0.3, -0.25) is 4.79 Å². The molecular formula is C7H10N2O2. The van der Waals surface area contributed by atoms with E-state index in [1.807, 2.05) is 13.8 Å². The van der Waals surface area contributed by atoms with Gasteiger partial charge in [0.25, 0.3) is 5.89 Å². The van der Waals surface area contributed by atoms with E-state index in [-0.39, 0.29) is 17.8 Å². The van der Waals surface area contributed by atoms with Gasteiger partial charge in [0.15, 0.2) is 0 Å². The molecule has 0 aliphatic heterocycles. The predicted molar refractivity (Wildman–Crippen MR) is 39.1 cm³/mol. The Labute approximate surface area is 64.6 Å². The Kier molecular flexibility index (Phi) is 2.25. The van der Waals surface area contributed by atoms with Gasteiger partial charge in [-0.05, 0) is 13.8 Å². The summed E-state index contributed by atoms with van der Waals surface area (Å²) >= 11 is 0. The fourth-order valence-electron chi connectivity index (χ4n) is 0.660. The number of rotatable bonds is 2. The zero-order valence-electron chi connectivity index (χ0n) is 6.50. The lowest BCUT2D eigenvalue weighted by atomic mass is 10.4. The van der Waals surface area contributed by atoms with Crippen molar-refractivity contribution in [3.8, 4) is 0 Å². The predicted octanol–water partition coefficient (Wildman–Crippen LogP) is 0.813. The zero-order chi connectivity index (χ0) is 8.27. The van der Waals surface area contributed by atoms with E-state index >= 15 is 0 Å². The third kappa shape index (κ3) is 2.07. The van der Waals surface area contributed by atoms with Crippen molar-refractivity contribution < 1.29 is 9.21 Å². The first kappa shape index (κ1) is 7.78. The molecule has 0 saturated heterocycles. The molecule has 1 rings (SSSR count). The number of carbonyl (C=O) groups is 1. The number of oxazole rings is 1. The lowest BCUT2D eigenvalue weighted by Gasteiger charge is -2.03. The molecule has 11 heavy (non-hydrogen) atoms. The highest BCUT2D eigenvalue weighted by molar-refractivity contribution is 5.89. The molecule has 0 aromatic carbocycles. The third-order valence-corrected chi connectivity index (χ3v) is 1.05. The van der Waals surface area contributed by atoms with Crippen LogP contribution >= 0.6 is 0 Å². The van der Waals surface area contributed by atoms with Crippen molar-refractivity contribution in [1.29, 1.82) is 0 Å². The maximum Gasteiger partial charge on any atom is 0.307 e. The van der Waals surface area contributed by atoms with Crippen LogP contribution < -0.4 is 5.32 Å². The summed E-state index contributed by atoms with van der Waals surface area (Å²) in [6.07, 6.45) is 2.81. The van der Waals surface area contributed by atoms with Gasteiger partial charge in [-0.15, -0.1) is 0 Å². The smallest absolute Gasteiger partial charge is 0.307 e. The SMILES string of the molecule is CC(C)NC(=O)c1ncco1. The molecule has 0 fully saturated rings. The van der Waals surface area contributed by atoms with E-state index in [0.717, 1.165) is 0 Å². The molecule has 1 heterocycles. The number of hydrogen-bond donors (Lipinski definition) is 1. The number of hydrogen-bond acceptors (Lipinski definition) is 3. The number of nitrogens with zero attached hydrogens (tertiary/aromatic N) is 1. The van der Waals surface area contributed by atoms with Crippen molar-refractivity contribution in [2.24, 2.45) is 0 Å². The molecule has 0 spiro atoms. The molecule has 4 heteroatoms. The van der Waals surface area contributed by atoms with E-state index in [4.69, 9.17) is 4.42 Å². The molecular weight excluding hydrogens is 144 g/mol. The molecule has 1 amide bonds. The topological polar surface area (TPSA) is 55.1 Å². The Hall–Kier alpha value is -1.32. The van der Waals surface area contributed by atoms with Crippen molar-refractivity contribution in [3.63, 3.8) is 0 Å². The van der Waals surface area contributed by atoms with Crippen molar-refractivity contribution in [1.82, 2.24) is 10.3 Å². The summed E-state index contributed by atoms with van der Waals surface area (Å²) in [6, 6.07) is 0.106. The second-order valence-electron chi connectivity index (χ2n) is 2.47. The lowest BCUT2D eigenvalue weighted by Crippen LogP contribution is -2.30. The summed E-state index contributed by atoms with van der Waals surface area (Å²) in [5, 5.41) is 2.65. The van der Waals surface area contributed by atoms with Gasteiger partial charge in [-0.25, -0.2) is 4.98 Å². The minimum absolute atomic E-state index is 0.106. The zero-order valence-corrected chi connectivity index (χ0v) is 6.50. The van der Waals surface area contributed by atoms with Crippen LogP contribution in [0.3, 0.4) is 0 Å². The monoisotopic (exact) mass is 154 g/mol. The number of aromatic nitrogens is 1. The molecule has 0 atom stereocenters. The number of amides is 1. The van der Waals surface area contributed by atoms with Crippen molar-refractivity contribution in [2.45, 2.75) is 19.9 Å². The Morgan fingerprint density at radius 1 is 1.73 bits per heavy atom. The van der Waals surface area contributed by atoms with E-state index < -0.39 is 0 Å². The van der Waals surface area contributed by atoms with Crippen LogP contribution in [0.1, 0.15) is 24.5 Å².